The minimum absolute atomic E-state index is 0.0984. The lowest BCUT2D eigenvalue weighted by Crippen LogP contribution is -1.89. The highest BCUT2D eigenvalue weighted by molar-refractivity contribution is 7.80. The zero-order valence-electron chi connectivity index (χ0n) is 6.89. The van der Waals surface area contributed by atoms with Crippen molar-refractivity contribution in [1.82, 2.24) is 0 Å². The summed E-state index contributed by atoms with van der Waals surface area (Å²) in [5, 5.41) is 18.8. The molecule has 1 heterocycles. The van der Waals surface area contributed by atoms with Gasteiger partial charge in [0.2, 0.25) is 0 Å². The van der Waals surface area contributed by atoms with Crippen molar-refractivity contribution in [2.24, 2.45) is 0 Å². The van der Waals surface area contributed by atoms with Gasteiger partial charge in [-0.3, -0.25) is 0 Å². The number of phenols is 1. The van der Waals surface area contributed by atoms with Crippen molar-refractivity contribution in [2.75, 3.05) is 0 Å². The maximum atomic E-state index is 10.7. The van der Waals surface area contributed by atoms with Gasteiger partial charge in [0.05, 0.1) is 0 Å². The molecule has 0 radical (unpaired) electrons. The van der Waals surface area contributed by atoms with E-state index in [9.17, 15) is 9.90 Å². The number of aromatic carboxylic acids is 1. The number of carboxylic acid groups (broad SMARTS) is 1. The maximum Gasteiger partial charge on any atom is 0.345 e. The fourth-order valence-electron chi connectivity index (χ4n) is 1.21. The molecule has 0 bridgehead atoms. The van der Waals surface area contributed by atoms with Crippen LogP contribution in [0.4, 0.5) is 0 Å². The standard InChI is InChI=1S/C9H6O3S2/c10-4-1-6(13)5-3-8(9(11)12)14-7(5)2-4/h1-3,10,13H,(H,11,12). The van der Waals surface area contributed by atoms with Crippen molar-refractivity contribution < 1.29 is 15.0 Å². The van der Waals surface area contributed by atoms with Crippen LogP contribution >= 0.6 is 24.0 Å². The molecule has 0 aliphatic carbocycles. The highest BCUT2D eigenvalue weighted by Gasteiger charge is 2.10. The van der Waals surface area contributed by atoms with Gasteiger partial charge in [-0.2, -0.15) is 0 Å². The monoisotopic (exact) mass is 226 g/mol. The molecule has 0 unspecified atom stereocenters. The third kappa shape index (κ3) is 1.44. The Morgan fingerprint density at radius 3 is 2.71 bits per heavy atom. The number of thiol groups is 1. The van der Waals surface area contributed by atoms with Crippen LogP contribution in [0.2, 0.25) is 0 Å². The molecule has 72 valence electrons. The molecule has 0 saturated heterocycles. The summed E-state index contributed by atoms with van der Waals surface area (Å²) in [4.78, 5) is 11.5. The topological polar surface area (TPSA) is 57.5 Å². The van der Waals surface area contributed by atoms with Crippen LogP contribution in [0.5, 0.6) is 5.75 Å². The molecular formula is C9H6O3S2. The first-order chi connectivity index (χ1) is 6.58. The summed E-state index contributed by atoms with van der Waals surface area (Å²) in [6.45, 7) is 0. The number of rotatable bonds is 1. The summed E-state index contributed by atoms with van der Waals surface area (Å²) >= 11 is 5.28. The van der Waals surface area contributed by atoms with Crippen molar-refractivity contribution in [3.05, 3.63) is 23.1 Å². The highest BCUT2D eigenvalue weighted by atomic mass is 32.1. The van der Waals surface area contributed by atoms with Crippen LogP contribution in [-0.4, -0.2) is 16.2 Å². The Labute approximate surface area is 89.0 Å². The molecule has 0 fully saturated rings. The summed E-state index contributed by atoms with van der Waals surface area (Å²) in [6, 6.07) is 4.58. The van der Waals surface area contributed by atoms with Gasteiger partial charge < -0.3 is 10.2 Å². The summed E-state index contributed by atoms with van der Waals surface area (Å²) in [6.07, 6.45) is 0. The fraction of sp³-hybridized carbons (Fsp3) is 0. The van der Waals surface area contributed by atoms with Crippen LogP contribution in [0.1, 0.15) is 9.67 Å². The van der Waals surface area contributed by atoms with E-state index >= 15 is 0 Å². The van der Waals surface area contributed by atoms with Crippen molar-refractivity contribution in [1.29, 1.82) is 0 Å². The van der Waals surface area contributed by atoms with E-state index in [-0.39, 0.29) is 10.6 Å². The van der Waals surface area contributed by atoms with Crippen LogP contribution in [0, 0.1) is 0 Å². The second kappa shape index (κ2) is 3.18. The van der Waals surface area contributed by atoms with E-state index in [0.29, 0.717) is 4.90 Å². The second-order valence-electron chi connectivity index (χ2n) is 2.79. The zero-order chi connectivity index (χ0) is 10.3. The van der Waals surface area contributed by atoms with Gasteiger partial charge in [-0.25, -0.2) is 4.79 Å². The summed E-state index contributed by atoms with van der Waals surface area (Å²) in [5.74, 6) is -0.861. The first kappa shape index (κ1) is 9.36. The molecule has 1 aromatic heterocycles. The van der Waals surface area contributed by atoms with Crippen LogP contribution < -0.4 is 0 Å². The predicted molar refractivity (Wildman–Crippen MR) is 57.7 cm³/mol. The van der Waals surface area contributed by atoms with Crippen LogP contribution in [-0.2, 0) is 0 Å². The zero-order valence-corrected chi connectivity index (χ0v) is 8.60. The van der Waals surface area contributed by atoms with Gasteiger partial charge in [0.1, 0.15) is 10.6 Å². The normalized spacial score (nSPS) is 10.6. The van der Waals surface area contributed by atoms with Gasteiger partial charge in [-0.05, 0) is 18.2 Å². The SMILES string of the molecule is O=C(O)c1cc2c(S)cc(O)cc2s1. The van der Waals surface area contributed by atoms with Crippen LogP contribution in [0.3, 0.4) is 0 Å². The number of thiophene rings is 1. The van der Waals surface area contributed by atoms with E-state index < -0.39 is 5.97 Å². The number of phenolic OH excluding ortho intramolecular Hbond substituents is 1. The van der Waals surface area contributed by atoms with Crippen LogP contribution in [0.15, 0.2) is 23.1 Å². The van der Waals surface area contributed by atoms with E-state index in [0.717, 1.165) is 21.4 Å². The van der Waals surface area contributed by atoms with Crippen molar-refractivity contribution in [3.8, 4) is 5.75 Å². The number of aromatic hydroxyl groups is 1. The number of carboxylic acids is 1. The summed E-state index contributed by atoms with van der Waals surface area (Å²) < 4.78 is 0.729. The molecule has 1 aromatic carbocycles. The number of fused-ring (bicyclic) bond motifs is 1. The van der Waals surface area contributed by atoms with Crippen molar-refractivity contribution in [3.63, 3.8) is 0 Å². The Morgan fingerprint density at radius 2 is 2.07 bits per heavy atom. The molecule has 14 heavy (non-hydrogen) atoms. The lowest BCUT2D eigenvalue weighted by Gasteiger charge is -1.95. The molecule has 2 aromatic rings. The Kier molecular flexibility index (Phi) is 2.13. The molecule has 0 spiro atoms. The van der Waals surface area contributed by atoms with Crippen molar-refractivity contribution >= 4 is 40.0 Å². The summed E-state index contributed by atoms with van der Waals surface area (Å²) in [7, 11) is 0. The molecule has 2 rings (SSSR count). The van der Waals surface area contributed by atoms with Gasteiger partial charge in [0, 0.05) is 15.0 Å². The number of hydrogen-bond donors (Lipinski definition) is 3. The number of carbonyl (C=O) groups is 1. The van der Waals surface area contributed by atoms with E-state index in [1.54, 1.807) is 6.07 Å². The van der Waals surface area contributed by atoms with E-state index in [1.165, 1.54) is 12.1 Å². The Balaban J connectivity index is 2.76. The minimum atomic E-state index is -0.960. The number of hydrogen-bond acceptors (Lipinski definition) is 4. The van der Waals surface area contributed by atoms with E-state index in [2.05, 4.69) is 12.6 Å². The molecule has 2 N–H and O–H groups in total. The fourth-order valence-corrected chi connectivity index (χ4v) is 2.56. The lowest BCUT2D eigenvalue weighted by atomic mass is 10.2. The highest BCUT2D eigenvalue weighted by Crippen LogP contribution is 2.33. The Morgan fingerprint density at radius 1 is 1.36 bits per heavy atom. The Hall–Kier alpha value is -1.20. The first-order valence-electron chi connectivity index (χ1n) is 3.77. The molecule has 0 aliphatic heterocycles. The second-order valence-corrected chi connectivity index (χ2v) is 4.36. The van der Waals surface area contributed by atoms with Crippen LogP contribution in [0.25, 0.3) is 10.1 Å². The molecule has 0 amide bonds. The smallest absolute Gasteiger partial charge is 0.345 e. The Bertz CT molecular complexity index is 516. The van der Waals surface area contributed by atoms with E-state index in [4.69, 9.17) is 5.11 Å². The van der Waals surface area contributed by atoms with Gasteiger partial charge in [0.15, 0.2) is 0 Å². The lowest BCUT2D eigenvalue weighted by molar-refractivity contribution is 0.0702. The van der Waals surface area contributed by atoms with Gasteiger partial charge in [0.25, 0.3) is 0 Å². The summed E-state index contributed by atoms with van der Waals surface area (Å²) in [5.41, 5.74) is 0. The number of benzene rings is 1. The van der Waals surface area contributed by atoms with Crippen molar-refractivity contribution in [2.45, 2.75) is 4.90 Å². The minimum Gasteiger partial charge on any atom is -0.508 e. The quantitative estimate of drug-likeness (QED) is 0.655. The van der Waals surface area contributed by atoms with Gasteiger partial charge in [-0.1, -0.05) is 0 Å². The molecule has 0 aliphatic rings. The molecular weight excluding hydrogens is 220 g/mol. The first-order valence-corrected chi connectivity index (χ1v) is 5.03. The van der Waals surface area contributed by atoms with Gasteiger partial charge in [-0.15, -0.1) is 24.0 Å². The molecule has 5 heteroatoms. The molecule has 3 nitrogen and oxygen atoms in total. The predicted octanol–water partition coefficient (Wildman–Crippen LogP) is 2.59. The molecule has 0 saturated carbocycles. The third-order valence-electron chi connectivity index (χ3n) is 1.81. The van der Waals surface area contributed by atoms with Gasteiger partial charge >= 0.3 is 5.97 Å². The largest absolute Gasteiger partial charge is 0.508 e. The average Bonchev–Trinajstić information content (AvgIpc) is 2.47. The molecule has 0 atom stereocenters. The average molecular weight is 226 g/mol. The van der Waals surface area contributed by atoms with E-state index in [1.807, 2.05) is 0 Å². The third-order valence-corrected chi connectivity index (χ3v) is 3.25. The maximum absolute atomic E-state index is 10.7.